The monoisotopic (exact) mass is 385 g/mol. The molecule has 2 heterocycles. The molecule has 0 aliphatic carbocycles. The highest BCUT2D eigenvalue weighted by atomic mass is 35.5. The Labute approximate surface area is 162 Å². The van der Waals surface area contributed by atoms with Gasteiger partial charge in [0.25, 0.3) is 11.6 Å². The van der Waals surface area contributed by atoms with Crippen LogP contribution >= 0.6 is 11.6 Å². The van der Waals surface area contributed by atoms with Gasteiger partial charge in [-0.1, -0.05) is 29.3 Å². The topological polar surface area (TPSA) is 66.7 Å². The summed E-state index contributed by atoms with van der Waals surface area (Å²) in [6.07, 6.45) is 0.871. The van der Waals surface area contributed by atoms with E-state index in [1.165, 1.54) is 17.7 Å². The summed E-state index contributed by atoms with van der Waals surface area (Å²) in [5.41, 5.74) is 3.30. The molecule has 1 saturated heterocycles. The largest absolute Gasteiger partial charge is 0.306 e. The van der Waals surface area contributed by atoms with Crippen molar-refractivity contribution in [3.8, 4) is 0 Å². The second kappa shape index (κ2) is 6.62. The summed E-state index contributed by atoms with van der Waals surface area (Å²) in [5, 5.41) is 11.2. The second-order valence-electron chi connectivity index (χ2n) is 7.39. The number of likely N-dealkylation sites (N-methyl/N-ethyl adjacent to an activating group) is 1. The third kappa shape index (κ3) is 2.99. The number of benzene rings is 2. The summed E-state index contributed by atoms with van der Waals surface area (Å²) in [6, 6.07) is 10.5. The zero-order valence-corrected chi connectivity index (χ0v) is 15.9. The zero-order chi connectivity index (χ0) is 19.3. The maximum Gasteiger partial charge on any atom is 0.288 e. The van der Waals surface area contributed by atoms with Gasteiger partial charge >= 0.3 is 0 Å². The third-order valence-electron chi connectivity index (χ3n) is 5.56. The van der Waals surface area contributed by atoms with Gasteiger partial charge in [0.15, 0.2) is 0 Å². The van der Waals surface area contributed by atoms with Gasteiger partial charge in [0.05, 0.1) is 4.92 Å². The summed E-state index contributed by atoms with van der Waals surface area (Å²) in [4.78, 5) is 28.1. The van der Waals surface area contributed by atoms with Crippen LogP contribution in [0, 0.1) is 17.0 Å². The molecule has 4 rings (SSSR count). The molecular formula is C20H20ClN3O3. The van der Waals surface area contributed by atoms with Crippen molar-refractivity contribution in [2.75, 3.05) is 25.0 Å². The Morgan fingerprint density at radius 3 is 2.78 bits per heavy atom. The molecular weight excluding hydrogens is 366 g/mol. The number of anilines is 1. The fourth-order valence-electron chi connectivity index (χ4n) is 4.27. The highest BCUT2D eigenvalue weighted by Gasteiger charge is 2.44. The number of likely N-dealkylation sites (tertiary alicyclic amines) is 1. The van der Waals surface area contributed by atoms with E-state index in [-0.39, 0.29) is 34.1 Å². The fraction of sp³-hybridized carbons (Fsp3) is 0.350. The number of aryl methyl sites for hydroxylation is 1. The van der Waals surface area contributed by atoms with E-state index >= 15 is 0 Å². The van der Waals surface area contributed by atoms with Crippen LogP contribution in [0.4, 0.5) is 11.4 Å². The van der Waals surface area contributed by atoms with E-state index in [0.29, 0.717) is 0 Å². The van der Waals surface area contributed by atoms with Gasteiger partial charge in [-0.15, -0.1) is 0 Å². The molecule has 1 fully saturated rings. The number of nitro benzene ring substituents is 1. The van der Waals surface area contributed by atoms with E-state index < -0.39 is 4.92 Å². The van der Waals surface area contributed by atoms with Crippen LogP contribution in [-0.2, 0) is 0 Å². The molecule has 2 aromatic carbocycles. The Bertz CT molecular complexity index is 946. The van der Waals surface area contributed by atoms with Crippen LogP contribution in [0.2, 0.25) is 5.02 Å². The van der Waals surface area contributed by atoms with Crippen LogP contribution in [0.25, 0.3) is 0 Å². The molecule has 1 amide bonds. The van der Waals surface area contributed by atoms with E-state index in [2.05, 4.69) is 24.9 Å². The van der Waals surface area contributed by atoms with Crippen molar-refractivity contribution in [1.29, 1.82) is 0 Å². The normalized spacial score (nSPS) is 21.7. The number of piperidine rings is 1. The number of amides is 1. The number of hydrogen-bond acceptors (Lipinski definition) is 4. The zero-order valence-electron chi connectivity index (χ0n) is 15.2. The van der Waals surface area contributed by atoms with E-state index in [4.69, 9.17) is 11.6 Å². The predicted octanol–water partition coefficient (Wildman–Crippen LogP) is 4.00. The van der Waals surface area contributed by atoms with Gasteiger partial charge in [-0.25, -0.2) is 0 Å². The van der Waals surface area contributed by atoms with Crippen LogP contribution in [-0.4, -0.2) is 41.9 Å². The van der Waals surface area contributed by atoms with Crippen molar-refractivity contribution in [3.63, 3.8) is 0 Å². The number of carbonyl (C=O) groups is 1. The van der Waals surface area contributed by atoms with Crippen molar-refractivity contribution in [3.05, 3.63) is 68.2 Å². The smallest absolute Gasteiger partial charge is 0.288 e. The minimum absolute atomic E-state index is 0.0335. The molecule has 27 heavy (non-hydrogen) atoms. The minimum Gasteiger partial charge on any atom is -0.306 e. The quantitative estimate of drug-likeness (QED) is 0.578. The molecule has 2 aliphatic rings. The Morgan fingerprint density at radius 2 is 2.04 bits per heavy atom. The van der Waals surface area contributed by atoms with E-state index in [9.17, 15) is 14.9 Å². The molecule has 2 aromatic rings. The molecule has 2 atom stereocenters. The van der Waals surface area contributed by atoms with Crippen LogP contribution in [0.15, 0.2) is 36.4 Å². The Kier molecular flexibility index (Phi) is 4.40. The number of halogens is 1. The van der Waals surface area contributed by atoms with E-state index in [0.717, 1.165) is 30.8 Å². The first kappa shape index (κ1) is 17.9. The van der Waals surface area contributed by atoms with Crippen LogP contribution in [0.3, 0.4) is 0 Å². The third-order valence-corrected chi connectivity index (χ3v) is 5.88. The van der Waals surface area contributed by atoms with Crippen molar-refractivity contribution in [2.45, 2.75) is 25.3 Å². The van der Waals surface area contributed by atoms with Crippen LogP contribution in [0.5, 0.6) is 0 Å². The molecule has 7 heteroatoms. The molecule has 0 saturated carbocycles. The van der Waals surface area contributed by atoms with Crippen molar-refractivity contribution < 1.29 is 9.72 Å². The molecule has 0 radical (unpaired) electrons. The molecule has 2 aliphatic heterocycles. The number of nitrogens with zero attached hydrogens (tertiary/aromatic N) is 3. The lowest BCUT2D eigenvalue weighted by Gasteiger charge is -2.36. The average molecular weight is 386 g/mol. The van der Waals surface area contributed by atoms with Gasteiger partial charge in [-0.05, 0) is 50.7 Å². The summed E-state index contributed by atoms with van der Waals surface area (Å²) in [5.74, 6) is 0.0433. The molecule has 0 spiro atoms. The highest BCUT2D eigenvalue weighted by Crippen LogP contribution is 2.45. The van der Waals surface area contributed by atoms with Gasteiger partial charge in [0.2, 0.25) is 0 Å². The van der Waals surface area contributed by atoms with Crippen molar-refractivity contribution in [1.82, 2.24) is 4.90 Å². The van der Waals surface area contributed by atoms with Gasteiger partial charge in [0, 0.05) is 35.8 Å². The van der Waals surface area contributed by atoms with Gasteiger partial charge in [-0.2, -0.15) is 0 Å². The average Bonchev–Trinajstić information content (AvgIpc) is 2.94. The number of nitro groups is 1. The first-order valence-electron chi connectivity index (χ1n) is 8.93. The van der Waals surface area contributed by atoms with Gasteiger partial charge < -0.3 is 9.80 Å². The summed E-state index contributed by atoms with van der Waals surface area (Å²) >= 11 is 5.91. The van der Waals surface area contributed by atoms with Crippen LogP contribution < -0.4 is 4.90 Å². The lowest BCUT2D eigenvalue weighted by molar-refractivity contribution is -0.384. The Balaban J connectivity index is 1.78. The van der Waals surface area contributed by atoms with Crippen LogP contribution in [0.1, 0.15) is 33.8 Å². The number of carbonyl (C=O) groups excluding carboxylic acids is 1. The lowest BCUT2D eigenvalue weighted by Crippen LogP contribution is -2.47. The predicted molar refractivity (Wildman–Crippen MR) is 105 cm³/mol. The molecule has 0 N–H and O–H groups in total. The number of fused-ring (bicyclic) bond motifs is 3. The maximum absolute atomic E-state index is 13.4. The minimum atomic E-state index is -0.557. The molecule has 6 nitrogen and oxygen atoms in total. The Hall–Kier alpha value is -2.44. The second-order valence-corrected chi connectivity index (χ2v) is 7.79. The Morgan fingerprint density at radius 1 is 1.26 bits per heavy atom. The summed E-state index contributed by atoms with van der Waals surface area (Å²) in [7, 11) is 2.10. The number of hydrogen-bond donors (Lipinski definition) is 0. The van der Waals surface area contributed by atoms with Gasteiger partial charge in [0.1, 0.15) is 5.02 Å². The van der Waals surface area contributed by atoms with Crippen molar-refractivity contribution in [2.24, 2.45) is 0 Å². The van der Waals surface area contributed by atoms with E-state index in [1.54, 1.807) is 6.07 Å². The first-order valence-corrected chi connectivity index (χ1v) is 9.31. The van der Waals surface area contributed by atoms with Gasteiger partial charge in [-0.3, -0.25) is 14.9 Å². The van der Waals surface area contributed by atoms with E-state index in [1.807, 2.05) is 17.0 Å². The lowest BCUT2D eigenvalue weighted by atomic mass is 9.88. The molecule has 0 unspecified atom stereocenters. The summed E-state index contributed by atoms with van der Waals surface area (Å²) in [6.45, 7) is 3.86. The number of rotatable bonds is 2. The molecule has 140 valence electrons. The summed E-state index contributed by atoms with van der Waals surface area (Å²) < 4.78 is 0. The molecule has 0 aromatic heterocycles. The molecule has 0 bridgehead atoms. The SMILES string of the molecule is Cc1ccc2c(c1)[C@H]1CN(C)CC[C@H]1N2C(=O)c1ccc(Cl)c([N+](=O)[O-])c1. The van der Waals surface area contributed by atoms with Crippen molar-refractivity contribution >= 4 is 28.9 Å². The highest BCUT2D eigenvalue weighted by molar-refractivity contribution is 6.32. The standard InChI is InChI=1S/C20H20ClN3O3/c1-12-3-6-17-14(9-12)15-11-22(2)8-7-18(15)23(17)20(25)13-4-5-16(21)19(10-13)24(26)27/h3-6,9-10,15,18H,7-8,11H2,1-2H3/t15-,18-/m1/s1. The maximum atomic E-state index is 13.4. The fourth-order valence-corrected chi connectivity index (χ4v) is 4.46. The first-order chi connectivity index (χ1) is 12.9.